The number of rotatable bonds is 9. The smallest absolute Gasteiger partial charge is 0.191 e. The highest BCUT2D eigenvalue weighted by Crippen LogP contribution is 2.34. The van der Waals surface area contributed by atoms with Crippen LogP contribution in [0.4, 0.5) is 0 Å². The predicted molar refractivity (Wildman–Crippen MR) is 111 cm³/mol. The van der Waals surface area contributed by atoms with Gasteiger partial charge in [0.2, 0.25) is 0 Å². The fourth-order valence-electron chi connectivity index (χ4n) is 3.64. The summed E-state index contributed by atoms with van der Waals surface area (Å²) < 4.78 is 10.9. The highest BCUT2D eigenvalue weighted by molar-refractivity contribution is 8.00. The molecule has 6 nitrogen and oxygen atoms in total. The average molecular weight is 387 g/mol. The first-order valence-electron chi connectivity index (χ1n) is 10.1. The van der Waals surface area contributed by atoms with Crippen molar-refractivity contribution in [2.45, 2.75) is 49.8 Å². The molecule has 2 aliphatic heterocycles. The Hall–Kier alpha value is -0.500. The molecule has 0 aromatic carbocycles. The normalized spacial score (nSPS) is 22.3. The monoisotopic (exact) mass is 386 g/mol. The summed E-state index contributed by atoms with van der Waals surface area (Å²) in [6.45, 7) is 9.95. The fourth-order valence-corrected chi connectivity index (χ4v) is 4.41. The summed E-state index contributed by atoms with van der Waals surface area (Å²) in [5.41, 5.74) is 0. The van der Waals surface area contributed by atoms with Crippen molar-refractivity contribution >= 4 is 17.7 Å². The number of nitrogens with zero attached hydrogens (tertiary/aromatic N) is 2. The van der Waals surface area contributed by atoms with E-state index in [1.54, 1.807) is 7.11 Å². The number of thioether (sulfide) groups is 1. The molecule has 0 aromatic rings. The van der Waals surface area contributed by atoms with Gasteiger partial charge >= 0.3 is 0 Å². The van der Waals surface area contributed by atoms with Gasteiger partial charge in [0.25, 0.3) is 0 Å². The lowest BCUT2D eigenvalue weighted by Crippen LogP contribution is -2.49. The first kappa shape index (κ1) is 21.8. The highest BCUT2D eigenvalue weighted by atomic mass is 32.2. The zero-order chi connectivity index (χ0) is 18.7. The van der Waals surface area contributed by atoms with Gasteiger partial charge in [0, 0.05) is 63.9 Å². The van der Waals surface area contributed by atoms with Crippen LogP contribution in [-0.4, -0.2) is 87.6 Å². The summed E-state index contributed by atoms with van der Waals surface area (Å²) in [6, 6.07) is 0.520. The molecular weight excluding hydrogens is 348 g/mol. The van der Waals surface area contributed by atoms with Crippen molar-refractivity contribution < 1.29 is 9.47 Å². The zero-order valence-corrected chi connectivity index (χ0v) is 17.7. The van der Waals surface area contributed by atoms with E-state index in [0.29, 0.717) is 6.04 Å². The van der Waals surface area contributed by atoms with Crippen molar-refractivity contribution in [3.05, 3.63) is 0 Å². The van der Waals surface area contributed by atoms with E-state index >= 15 is 0 Å². The molecule has 26 heavy (non-hydrogen) atoms. The molecule has 152 valence electrons. The Kier molecular flexibility index (Phi) is 10.1. The van der Waals surface area contributed by atoms with Gasteiger partial charge < -0.3 is 25.0 Å². The lowest BCUT2D eigenvalue weighted by molar-refractivity contribution is 0.0794. The molecule has 0 unspecified atom stereocenters. The van der Waals surface area contributed by atoms with Crippen LogP contribution in [0, 0.1) is 0 Å². The maximum absolute atomic E-state index is 5.54. The summed E-state index contributed by atoms with van der Waals surface area (Å²) in [7, 11) is 1.78. The highest BCUT2D eigenvalue weighted by Gasteiger charge is 2.31. The molecule has 0 radical (unpaired) electrons. The minimum Gasteiger partial charge on any atom is -0.385 e. The third-order valence-corrected chi connectivity index (χ3v) is 6.86. The predicted octanol–water partition coefficient (Wildman–Crippen LogP) is 1.95. The van der Waals surface area contributed by atoms with Crippen molar-refractivity contribution in [2.24, 2.45) is 4.99 Å². The van der Waals surface area contributed by atoms with Gasteiger partial charge in [-0.25, -0.2) is 0 Å². The van der Waals surface area contributed by atoms with Gasteiger partial charge in [-0.1, -0.05) is 0 Å². The summed E-state index contributed by atoms with van der Waals surface area (Å²) in [5.74, 6) is 0.977. The number of hydrogen-bond donors (Lipinski definition) is 2. The van der Waals surface area contributed by atoms with Gasteiger partial charge in [-0.15, -0.1) is 0 Å². The van der Waals surface area contributed by atoms with Crippen LogP contribution in [0.15, 0.2) is 4.99 Å². The first-order chi connectivity index (χ1) is 12.7. The van der Waals surface area contributed by atoms with Crippen LogP contribution in [0.5, 0.6) is 0 Å². The maximum atomic E-state index is 5.54. The SMILES string of the molecule is CCNC(=NCC1(SC)CCOCC1)NC1CCN(CCCOC)CC1. The molecule has 0 atom stereocenters. The van der Waals surface area contributed by atoms with E-state index in [-0.39, 0.29) is 4.75 Å². The fraction of sp³-hybridized carbons (Fsp3) is 0.947. The van der Waals surface area contributed by atoms with Crippen molar-refractivity contribution in [1.29, 1.82) is 0 Å². The van der Waals surface area contributed by atoms with E-state index in [1.807, 2.05) is 11.8 Å². The number of nitrogens with one attached hydrogen (secondary N) is 2. The number of likely N-dealkylation sites (tertiary alicyclic amines) is 1. The maximum Gasteiger partial charge on any atom is 0.191 e. The van der Waals surface area contributed by atoms with E-state index in [2.05, 4.69) is 28.7 Å². The molecule has 0 aliphatic carbocycles. The molecule has 0 bridgehead atoms. The van der Waals surface area contributed by atoms with Gasteiger partial charge in [-0.05, 0) is 45.3 Å². The van der Waals surface area contributed by atoms with Crippen LogP contribution in [0.2, 0.25) is 0 Å². The Morgan fingerprint density at radius 2 is 2.04 bits per heavy atom. The molecule has 0 saturated carbocycles. The van der Waals surface area contributed by atoms with E-state index in [1.165, 1.54) is 12.8 Å². The van der Waals surface area contributed by atoms with Crippen LogP contribution in [0.25, 0.3) is 0 Å². The minimum atomic E-state index is 0.241. The number of guanidine groups is 1. The number of piperidine rings is 1. The Morgan fingerprint density at radius 1 is 1.31 bits per heavy atom. The summed E-state index contributed by atoms with van der Waals surface area (Å²) >= 11 is 1.95. The Morgan fingerprint density at radius 3 is 2.65 bits per heavy atom. The van der Waals surface area contributed by atoms with Crippen molar-refractivity contribution in [3.63, 3.8) is 0 Å². The number of methoxy groups -OCH3 is 1. The molecule has 2 N–H and O–H groups in total. The van der Waals surface area contributed by atoms with Crippen molar-refractivity contribution in [3.8, 4) is 0 Å². The Labute approximate surface area is 163 Å². The lowest BCUT2D eigenvalue weighted by Gasteiger charge is -2.35. The molecule has 2 rings (SSSR count). The second kappa shape index (κ2) is 12.1. The molecule has 0 aromatic heterocycles. The van der Waals surface area contributed by atoms with Crippen LogP contribution in [0.1, 0.15) is 39.0 Å². The van der Waals surface area contributed by atoms with E-state index in [0.717, 1.165) is 77.8 Å². The minimum absolute atomic E-state index is 0.241. The number of hydrogen-bond acceptors (Lipinski definition) is 5. The summed E-state index contributed by atoms with van der Waals surface area (Å²) in [5, 5.41) is 7.10. The Balaban J connectivity index is 1.80. The molecule has 2 aliphatic rings. The standard InChI is InChI=1S/C19H38N4O2S/c1-4-20-18(21-16-19(26-3)8-14-25-15-9-19)22-17-6-11-23(12-7-17)10-5-13-24-2/h17H,4-16H2,1-3H3,(H2,20,21,22). The van der Waals surface area contributed by atoms with Crippen LogP contribution in [0.3, 0.4) is 0 Å². The van der Waals surface area contributed by atoms with Gasteiger partial charge in [0.1, 0.15) is 0 Å². The average Bonchev–Trinajstić information content (AvgIpc) is 2.68. The first-order valence-corrected chi connectivity index (χ1v) is 11.3. The van der Waals surface area contributed by atoms with E-state index < -0.39 is 0 Å². The molecule has 2 saturated heterocycles. The second-order valence-corrected chi connectivity index (χ2v) is 8.58. The number of ether oxygens (including phenoxy) is 2. The lowest BCUT2D eigenvalue weighted by atomic mass is 9.99. The van der Waals surface area contributed by atoms with Crippen LogP contribution >= 0.6 is 11.8 Å². The number of aliphatic imine (C=N–C) groups is 1. The second-order valence-electron chi connectivity index (χ2n) is 7.30. The van der Waals surface area contributed by atoms with Crippen molar-refractivity contribution in [1.82, 2.24) is 15.5 Å². The van der Waals surface area contributed by atoms with Crippen molar-refractivity contribution in [2.75, 3.05) is 65.9 Å². The third kappa shape index (κ3) is 7.25. The topological polar surface area (TPSA) is 58.1 Å². The quantitative estimate of drug-likeness (QED) is 0.359. The van der Waals surface area contributed by atoms with E-state index in [9.17, 15) is 0 Å². The molecule has 0 amide bonds. The summed E-state index contributed by atoms with van der Waals surface area (Å²) in [4.78, 5) is 7.49. The largest absolute Gasteiger partial charge is 0.385 e. The Bertz CT molecular complexity index is 408. The molecule has 7 heteroatoms. The van der Waals surface area contributed by atoms with Gasteiger partial charge in [0.15, 0.2) is 5.96 Å². The molecule has 0 spiro atoms. The molecular formula is C19H38N4O2S. The van der Waals surface area contributed by atoms with Gasteiger partial charge in [-0.3, -0.25) is 4.99 Å². The van der Waals surface area contributed by atoms with Gasteiger partial charge in [0.05, 0.1) is 6.54 Å². The molecule has 2 heterocycles. The zero-order valence-electron chi connectivity index (χ0n) is 16.9. The molecule has 2 fully saturated rings. The third-order valence-electron chi connectivity index (χ3n) is 5.46. The van der Waals surface area contributed by atoms with Crippen LogP contribution in [-0.2, 0) is 9.47 Å². The summed E-state index contributed by atoms with van der Waals surface area (Å²) in [6.07, 6.45) is 7.88. The van der Waals surface area contributed by atoms with E-state index in [4.69, 9.17) is 14.5 Å². The van der Waals surface area contributed by atoms with Gasteiger partial charge in [-0.2, -0.15) is 11.8 Å². The van der Waals surface area contributed by atoms with Crippen LogP contribution < -0.4 is 10.6 Å².